The summed E-state index contributed by atoms with van der Waals surface area (Å²) in [5.41, 5.74) is 3.56. The zero-order valence-electron chi connectivity index (χ0n) is 14.6. The summed E-state index contributed by atoms with van der Waals surface area (Å²) in [7, 11) is 1.64. The molecule has 1 amide bonds. The fraction of sp³-hybridized carbons (Fsp3) is 0.300. The molecule has 25 heavy (non-hydrogen) atoms. The summed E-state index contributed by atoms with van der Waals surface area (Å²) in [5.74, 6) is 0.938. The molecule has 2 aromatic carbocycles. The number of imidazole rings is 1. The van der Waals surface area contributed by atoms with Crippen molar-refractivity contribution in [3.63, 3.8) is 0 Å². The lowest BCUT2D eigenvalue weighted by Crippen LogP contribution is -2.17. The van der Waals surface area contributed by atoms with E-state index in [9.17, 15) is 4.79 Å². The molecule has 130 valence electrons. The van der Waals surface area contributed by atoms with Gasteiger partial charge >= 0.3 is 0 Å². The van der Waals surface area contributed by atoms with Crippen LogP contribution in [-0.4, -0.2) is 22.5 Å². The Morgan fingerprint density at radius 1 is 1.24 bits per heavy atom. The number of aromatic nitrogens is 2. The number of unbranched alkanes of at least 4 members (excludes halogenated alkanes) is 1. The van der Waals surface area contributed by atoms with E-state index >= 15 is 0 Å². The first-order chi connectivity index (χ1) is 12.1. The van der Waals surface area contributed by atoms with Crippen molar-refractivity contribution in [1.29, 1.82) is 0 Å². The van der Waals surface area contributed by atoms with Crippen LogP contribution >= 0.6 is 11.6 Å². The first kappa shape index (κ1) is 17.5. The zero-order valence-corrected chi connectivity index (χ0v) is 15.3. The lowest BCUT2D eigenvalue weighted by atomic mass is 10.1. The highest BCUT2D eigenvalue weighted by atomic mass is 35.5. The van der Waals surface area contributed by atoms with Gasteiger partial charge < -0.3 is 9.88 Å². The van der Waals surface area contributed by atoms with E-state index in [-0.39, 0.29) is 5.91 Å². The quantitative estimate of drug-likeness (QED) is 0.710. The molecule has 0 spiro atoms. The molecule has 3 aromatic rings. The Hall–Kier alpha value is -2.33. The molecule has 1 N–H and O–H groups in total. The van der Waals surface area contributed by atoms with Crippen LogP contribution in [0.25, 0.3) is 11.0 Å². The van der Waals surface area contributed by atoms with Crippen molar-refractivity contribution < 1.29 is 4.79 Å². The number of fused-ring (bicyclic) bond motifs is 1. The van der Waals surface area contributed by atoms with E-state index in [2.05, 4.69) is 16.8 Å². The zero-order chi connectivity index (χ0) is 17.8. The summed E-state index contributed by atoms with van der Waals surface area (Å²) in [5, 5.41) is 3.42. The maximum Gasteiger partial charge on any atom is 0.251 e. The van der Waals surface area contributed by atoms with Gasteiger partial charge in [-0.2, -0.15) is 0 Å². The fourth-order valence-corrected chi connectivity index (χ4v) is 3.15. The van der Waals surface area contributed by atoms with Gasteiger partial charge in [0.1, 0.15) is 5.82 Å². The SMILES string of the molecule is CCCCc1nc2ccc(C(=O)NC)cc2n1Cc1ccccc1Cl. The van der Waals surface area contributed by atoms with Crippen LogP contribution in [-0.2, 0) is 13.0 Å². The summed E-state index contributed by atoms with van der Waals surface area (Å²) in [6, 6.07) is 13.5. The van der Waals surface area contributed by atoms with Crippen LogP contribution in [0.15, 0.2) is 42.5 Å². The Morgan fingerprint density at radius 3 is 2.76 bits per heavy atom. The average molecular weight is 356 g/mol. The highest BCUT2D eigenvalue weighted by molar-refractivity contribution is 6.31. The van der Waals surface area contributed by atoms with Crippen LogP contribution in [0.2, 0.25) is 5.02 Å². The highest BCUT2D eigenvalue weighted by Crippen LogP contribution is 2.23. The molecule has 1 heterocycles. The Bertz CT molecular complexity index is 901. The number of nitrogens with zero attached hydrogens (tertiary/aromatic N) is 2. The molecule has 0 fully saturated rings. The van der Waals surface area contributed by atoms with Crippen molar-refractivity contribution in [2.24, 2.45) is 0 Å². The first-order valence-electron chi connectivity index (χ1n) is 8.58. The molecule has 0 aliphatic rings. The van der Waals surface area contributed by atoms with Crippen molar-refractivity contribution in [3.8, 4) is 0 Å². The van der Waals surface area contributed by atoms with Gasteiger partial charge in [-0.15, -0.1) is 0 Å². The number of benzene rings is 2. The number of halogens is 1. The summed E-state index contributed by atoms with van der Waals surface area (Å²) in [6.07, 6.45) is 3.10. The molecule has 0 bridgehead atoms. The van der Waals surface area contributed by atoms with E-state index in [0.717, 1.165) is 46.7 Å². The van der Waals surface area contributed by atoms with Gasteiger partial charge in [-0.3, -0.25) is 4.79 Å². The molecule has 5 heteroatoms. The molecule has 4 nitrogen and oxygen atoms in total. The molecule has 1 aromatic heterocycles. The predicted octanol–water partition coefficient (Wildman–Crippen LogP) is 4.44. The Balaban J connectivity index is 2.10. The maximum absolute atomic E-state index is 12.0. The maximum atomic E-state index is 12.0. The second-order valence-corrected chi connectivity index (χ2v) is 6.50. The van der Waals surface area contributed by atoms with Gasteiger partial charge in [-0.1, -0.05) is 43.1 Å². The van der Waals surface area contributed by atoms with E-state index in [1.807, 2.05) is 42.5 Å². The van der Waals surface area contributed by atoms with E-state index in [0.29, 0.717) is 12.1 Å². The van der Waals surface area contributed by atoms with Gasteiger partial charge in [0, 0.05) is 24.1 Å². The van der Waals surface area contributed by atoms with Gasteiger partial charge in [-0.05, 0) is 36.2 Å². The molecular formula is C20H22ClN3O. The van der Waals surface area contributed by atoms with Crippen molar-refractivity contribution in [2.45, 2.75) is 32.7 Å². The molecule has 0 aliphatic carbocycles. The lowest BCUT2D eigenvalue weighted by Gasteiger charge is -2.11. The molecule has 0 saturated heterocycles. The lowest BCUT2D eigenvalue weighted by molar-refractivity contribution is 0.0963. The van der Waals surface area contributed by atoms with Gasteiger partial charge in [0.15, 0.2) is 0 Å². The molecule has 0 radical (unpaired) electrons. The molecule has 0 atom stereocenters. The van der Waals surface area contributed by atoms with Crippen LogP contribution in [0.3, 0.4) is 0 Å². The standard InChI is InChI=1S/C20H22ClN3O/c1-3-4-9-19-23-17-11-10-14(20(25)22-2)12-18(17)24(19)13-15-7-5-6-8-16(15)21/h5-8,10-12H,3-4,9,13H2,1-2H3,(H,22,25). The van der Waals surface area contributed by atoms with E-state index in [4.69, 9.17) is 16.6 Å². The van der Waals surface area contributed by atoms with Crippen molar-refractivity contribution >= 4 is 28.5 Å². The monoisotopic (exact) mass is 355 g/mol. The predicted molar refractivity (Wildman–Crippen MR) is 102 cm³/mol. The number of hydrogen-bond donors (Lipinski definition) is 1. The van der Waals surface area contributed by atoms with Crippen molar-refractivity contribution in [3.05, 3.63) is 64.4 Å². The Kier molecular flexibility index (Phi) is 5.39. The number of rotatable bonds is 6. The number of carbonyl (C=O) groups excluding carboxylic acids is 1. The summed E-state index contributed by atoms with van der Waals surface area (Å²) in [6.45, 7) is 2.82. The van der Waals surface area contributed by atoms with Gasteiger partial charge in [0.05, 0.1) is 17.6 Å². The third-order valence-corrected chi connectivity index (χ3v) is 4.73. The van der Waals surface area contributed by atoms with Crippen LogP contribution in [0.4, 0.5) is 0 Å². The van der Waals surface area contributed by atoms with E-state index in [1.54, 1.807) is 7.05 Å². The first-order valence-corrected chi connectivity index (χ1v) is 8.96. The van der Waals surface area contributed by atoms with E-state index in [1.165, 1.54) is 0 Å². The number of amides is 1. The number of aryl methyl sites for hydroxylation is 1. The van der Waals surface area contributed by atoms with E-state index < -0.39 is 0 Å². The van der Waals surface area contributed by atoms with Crippen LogP contribution in [0.1, 0.15) is 41.5 Å². The van der Waals surface area contributed by atoms with Crippen LogP contribution in [0.5, 0.6) is 0 Å². The van der Waals surface area contributed by atoms with Gasteiger partial charge in [0.25, 0.3) is 5.91 Å². The Morgan fingerprint density at radius 2 is 2.04 bits per heavy atom. The number of hydrogen-bond acceptors (Lipinski definition) is 2. The third-order valence-electron chi connectivity index (χ3n) is 4.36. The molecule has 0 aliphatic heterocycles. The summed E-state index contributed by atoms with van der Waals surface area (Å²) >= 11 is 6.36. The second kappa shape index (κ2) is 7.70. The molecule has 0 saturated carbocycles. The minimum Gasteiger partial charge on any atom is -0.355 e. The minimum atomic E-state index is -0.0949. The highest BCUT2D eigenvalue weighted by Gasteiger charge is 2.14. The largest absolute Gasteiger partial charge is 0.355 e. The summed E-state index contributed by atoms with van der Waals surface area (Å²) in [4.78, 5) is 16.8. The van der Waals surface area contributed by atoms with Crippen molar-refractivity contribution in [2.75, 3.05) is 7.05 Å². The number of carbonyl (C=O) groups is 1. The van der Waals surface area contributed by atoms with Crippen LogP contribution < -0.4 is 5.32 Å². The summed E-state index contributed by atoms with van der Waals surface area (Å²) < 4.78 is 2.18. The average Bonchev–Trinajstić information content (AvgIpc) is 2.98. The third kappa shape index (κ3) is 3.69. The smallest absolute Gasteiger partial charge is 0.251 e. The molecule has 0 unspecified atom stereocenters. The van der Waals surface area contributed by atoms with Gasteiger partial charge in [-0.25, -0.2) is 4.98 Å². The van der Waals surface area contributed by atoms with Gasteiger partial charge in [0.2, 0.25) is 0 Å². The molecule has 3 rings (SSSR count). The molecular weight excluding hydrogens is 334 g/mol. The van der Waals surface area contributed by atoms with Crippen molar-refractivity contribution in [1.82, 2.24) is 14.9 Å². The number of nitrogens with one attached hydrogen (secondary N) is 1. The Labute approximate surface area is 152 Å². The normalized spacial score (nSPS) is 11.0. The topological polar surface area (TPSA) is 46.9 Å². The minimum absolute atomic E-state index is 0.0949. The second-order valence-electron chi connectivity index (χ2n) is 6.09. The fourth-order valence-electron chi connectivity index (χ4n) is 2.96. The van der Waals surface area contributed by atoms with Crippen LogP contribution in [0, 0.1) is 0 Å².